The fourth-order valence-electron chi connectivity index (χ4n) is 4.09. The van der Waals surface area contributed by atoms with E-state index in [2.05, 4.69) is 10.6 Å². The molecule has 9 heteroatoms. The van der Waals surface area contributed by atoms with Gasteiger partial charge < -0.3 is 10.1 Å². The van der Waals surface area contributed by atoms with E-state index in [-0.39, 0.29) is 34.9 Å². The van der Waals surface area contributed by atoms with Gasteiger partial charge in [-0.1, -0.05) is 55.1 Å². The molecule has 0 bridgehead atoms. The maximum absolute atomic E-state index is 13.0. The molecule has 2 fully saturated rings. The highest BCUT2D eigenvalue weighted by Gasteiger charge is 2.40. The summed E-state index contributed by atoms with van der Waals surface area (Å²) in [6, 6.07) is 12.8. The number of barbiturate groups is 1. The maximum atomic E-state index is 13.0. The molecule has 1 heterocycles. The van der Waals surface area contributed by atoms with Gasteiger partial charge in [-0.3, -0.25) is 24.6 Å². The van der Waals surface area contributed by atoms with E-state index in [0.29, 0.717) is 11.3 Å². The first-order valence-electron chi connectivity index (χ1n) is 11.1. The van der Waals surface area contributed by atoms with E-state index in [4.69, 9.17) is 16.3 Å². The molecule has 8 nitrogen and oxygen atoms in total. The number of hydrogen-bond acceptors (Lipinski definition) is 5. The summed E-state index contributed by atoms with van der Waals surface area (Å²) < 4.78 is 5.50. The normalized spacial score (nSPS) is 18.1. The Kier molecular flexibility index (Phi) is 7.27. The molecule has 1 aliphatic heterocycles. The van der Waals surface area contributed by atoms with E-state index in [1.54, 1.807) is 24.3 Å². The lowest BCUT2D eigenvalue weighted by molar-refractivity contribution is -0.132. The number of amides is 5. The molecule has 0 atom stereocenters. The van der Waals surface area contributed by atoms with Gasteiger partial charge in [0.2, 0.25) is 0 Å². The van der Waals surface area contributed by atoms with Crippen LogP contribution in [0.15, 0.2) is 54.1 Å². The zero-order valence-electron chi connectivity index (χ0n) is 18.4. The Hall–Kier alpha value is -3.65. The van der Waals surface area contributed by atoms with Gasteiger partial charge in [0.1, 0.15) is 11.3 Å². The van der Waals surface area contributed by atoms with Gasteiger partial charge in [-0.2, -0.15) is 0 Å². The standard InChI is InChI=1S/C25H24ClN3O5/c26-20-14-16(11-12-21(20)34-15-22(30)27-17-7-3-1-4-8-17)13-19-23(31)28-25(33)29(24(19)32)18-9-5-2-6-10-18/h1,3-4,7-8,11-14,18H,2,5-6,9-10,15H2,(H,27,30)(H,28,31,33). The minimum absolute atomic E-state index is 0.128. The van der Waals surface area contributed by atoms with Crippen LogP contribution < -0.4 is 15.4 Å². The highest BCUT2D eigenvalue weighted by molar-refractivity contribution is 6.33. The number of benzene rings is 2. The SMILES string of the molecule is O=C(COc1ccc(C=C2C(=O)NC(=O)N(C3CCCCC3)C2=O)cc1Cl)Nc1ccccc1. The lowest BCUT2D eigenvalue weighted by Gasteiger charge is -2.35. The van der Waals surface area contributed by atoms with Crippen LogP contribution >= 0.6 is 11.6 Å². The molecule has 2 aromatic rings. The molecule has 0 unspecified atom stereocenters. The number of nitrogens with zero attached hydrogens (tertiary/aromatic N) is 1. The molecule has 176 valence electrons. The Bertz CT molecular complexity index is 1140. The topological polar surface area (TPSA) is 105 Å². The van der Waals surface area contributed by atoms with Crippen molar-refractivity contribution in [3.63, 3.8) is 0 Å². The first-order valence-corrected chi connectivity index (χ1v) is 11.5. The Balaban J connectivity index is 1.44. The third-order valence-electron chi connectivity index (χ3n) is 5.76. The number of halogens is 1. The van der Waals surface area contributed by atoms with Crippen LogP contribution in [0.5, 0.6) is 5.75 Å². The van der Waals surface area contributed by atoms with E-state index in [1.165, 1.54) is 12.1 Å². The Morgan fingerprint density at radius 3 is 2.53 bits per heavy atom. The van der Waals surface area contributed by atoms with Crippen molar-refractivity contribution in [3.8, 4) is 5.75 Å². The Labute approximate surface area is 201 Å². The van der Waals surface area contributed by atoms with Crippen molar-refractivity contribution in [2.24, 2.45) is 0 Å². The smallest absolute Gasteiger partial charge is 0.331 e. The highest BCUT2D eigenvalue weighted by atomic mass is 35.5. The highest BCUT2D eigenvalue weighted by Crippen LogP contribution is 2.29. The van der Waals surface area contributed by atoms with Gasteiger partial charge >= 0.3 is 6.03 Å². The lowest BCUT2D eigenvalue weighted by atomic mass is 9.93. The molecule has 1 saturated heterocycles. The van der Waals surface area contributed by atoms with Crippen LogP contribution in [0.3, 0.4) is 0 Å². The largest absolute Gasteiger partial charge is 0.482 e. The predicted octanol–water partition coefficient (Wildman–Crippen LogP) is 4.15. The van der Waals surface area contributed by atoms with Gasteiger partial charge in [0.25, 0.3) is 17.7 Å². The molecule has 2 N–H and O–H groups in total. The maximum Gasteiger partial charge on any atom is 0.331 e. The van der Waals surface area contributed by atoms with Crippen LogP contribution in [0.1, 0.15) is 37.7 Å². The zero-order chi connectivity index (χ0) is 24.1. The van der Waals surface area contributed by atoms with Gasteiger partial charge in [0.05, 0.1) is 5.02 Å². The van der Waals surface area contributed by atoms with Gasteiger partial charge in [0, 0.05) is 11.7 Å². The number of urea groups is 1. The summed E-state index contributed by atoms with van der Waals surface area (Å²) in [5, 5.41) is 5.19. The van der Waals surface area contributed by atoms with Crippen LogP contribution in [-0.4, -0.2) is 41.3 Å². The van der Waals surface area contributed by atoms with Crippen molar-refractivity contribution in [2.45, 2.75) is 38.1 Å². The van der Waals surface area contributed by atoms with Crippen LogP contribution in [0.2, 0.25) is 5.02 Å². The average molecular weight is 482 g/mol. The summed E-state index contributed by atoms with van der Waals surface area (Å²) in [5.74, 6) is -1.40. The summed E-state index contributed by atoms with van der Waals surface area (Å²) in [6.07, 6.45) is 5.82. The summed E-state index contributed by atoms with van der Waals surface area (Å²) >= 11 is 6.30. The Morgan fingerprint density at radius 2 is 1.82 bits per heavy atom. The van der Waals surface area contributed by atoms with E-state index >= 15 is 0 Å². The molecule has 2 aromatic carbocycles. The van der Waals surface area contributed by atoms with Crippen molar-refractivity contribution in [1.82, 2.24) is 10.2 Å². The number of para-hydroxylation sites is 1. The molecule has 0 spiro atoms. The number of carbonyl (C=O) groups excluding carboxylic acids is 4. The van der Waals surface area contributed by atoms with Gasteiger partial charge in [-0.05, 0) is 48.7 Å². The molecule has 0 radical (unpaired) electrons. The van der Waals surface area contributed by atoms with Gasteiger partial charge in [-0.25, -0.2) is 4.79 Å². The van der Waals surface area contributed by atoms with Crippen LogP contribution in [0.25, 0.3) is 6.08 Å². The van der Waals surface area contributed by atoms with E-state index < -0.39 is 17.8 Å². The van der Waals surface area contributed by atoms with Crippen molar-refractivity contribution in [2.75, 3.05) is 11.9 Å². The number of hydrogen-bond donors (Lipinski definition) is 2. The molecular formula is C25H24ClN3O5. The molecule has 5 amide bonds. The van der Waals surface area contributed by atoms with Gasteiger partial charge in [0.15, 0.2) is 6.61 Å². The molecule has 1 saturated carbocycles. The van der Waals surface area contributed by atoms with Crippen LogP contribution in [-0.2, 0) is 14.4 Å². The third-order valence-corrected chi connectivity index (χ3v) is 6.05. The molecule has 2 aliphatic rings. The number of anilines is 1. The lowest BCUT2D eigenvalue weighted by Crippen LogP contribution is -2.58. The minimum atomic E-state index is -0.740. The molecule has 1 aliphatic carbocycles. The first kappa shape index (κ1) is 23.5. The third kappa shape index (κ3) is 5.46. The summed E-state index contributed by atoms with van der Waals surface area (Å²) in [4.78, 5) is 51.0. The van der Waals surface area contributed by atoms with Crippen molar-refractivity contribution in [1.29, 1.82) is 0 Å². The second-order valence-corrected chi connectivity index (χ2v) is 8.58. The fourth-order valence-corrected chi connectivity index (χ4v) is 4.34. The average Bonchev–Trinajstić information content (AvgIpc) is 2.82. The van der Waals surface area contributed by atoms with E-state index in [0.717, 1.165) is 37.0 Å². The molecular weight excluding hydrogens is 458 g/mol. The quantitative estimate of drug-likeness (QED) is 0.476. The monoisotopic (exact) mass is 481 g/mol. The first-order chi connectivity index (χ1) is 16.4. The number of imide groups is 2. The fraction of sp³-hybridized carbons (Fsp3) is 0.280. The zero-order valence-corrected chi connectivity index (χ0v) is 19.1. The summed E-state index contributed by atoms with van der Waals surface area (Å²) in [6.45, 7) is -0.242. The van der Waals surface area contributed by atoms with E-state index in [1.807, 2.05) is 18.2 Å². The molecule has 34 heavy (non-hydrogen) atoms. The minimum Gasteiger partial charge on any atom is -0.482 e. The van der Waals surface area contributed by atoms with Crippen LogP contribution in [0.4, 0.5) is 10.5 Å². The second kappa shape index (κ2) is 10.5. The number of rotatable bonds is 6. The molecule has 4 rings (SSSR count). The molecule has 0 aromatic heterocycles. The van der Waals surface area contributed by atoms with Crippen molar-refractivity contribution in [3.05, 3.63) is 64.7 Å². The number of ether oxygens (including phenoxy) is 1. The number of nitrogens with one attached hydrogen (secondary N) is 2. The van der Waals surface area contributed by atoms with Gasteiger partial charge in [-0.15, -0.1) is 0 Å². The summed E-state index contributed by atoms with van der Waals surface area (Å²) in [7, 11) is 0. The van der Waals surface area contributed by atoms with Crippen molar-refractivity contribution < 1.29 is 23.9 Å². The second-order valence-electron chi connectivity index (χ2n) is 8.18. The number of carbonyl (C=O) groups is 4. The van der Waals surface area contributed by atoms with Crippen LogP contribution in [0, 0.1) is 0 Å². The summed E-state index contributed by atoms with van der Waals surface area (Å²) in [5.41, 5.74) is 1.01. The Morgan fingerprint density at radius 1 is 1.09 bits per heavy atom. The van der Waals surface area contributed by atoms with E-state index in [9.17, 15) is 19.2 Å². The van der Waals surface area contributed by atoms with Crippen molar-refractivity contribution >= 4 is 47.1 Å². The predicted molar refractivity (Wildman–Crippen MR) is 127 cm³/mol.